The lowest BCUT2D eigenvalue weighted by Crippen LogP contribution is -2.42. The molecule has 2 saturated heterocycles. The van der Waals surface area contributed by atoms with Gasteiger partial charge in [0.1, 0.15) is 11.2 Å². The van der Waals surface area contributed by atoms with Crippen LogP contribution in [-0.4, -0.2) is 76.1 Å². The Morgan fingerprint density at radius 2 is 1.42 bits per heavy atom. The van der Waals surface area contributed by atoms with Crippen LogP contribution in [0.15, 0.2) is 36.1 Å². The van der Waals surface area contributed by atoms with Crippen LogP contribution < -0.4 is 0 Å². The topological polar surface area (TPSA) is 96.5 Å². The summed E-state index contributed by atoms with van der Waals surface area (Å²) in [6, 6.07) is -0.286. The molecule has 9 nitrogen and oxygen atoms in total. The Bertz CT molecular complexity index is 998. The number of rotatable bonds is 1. The Balaban J connectivity index is 0.000000205. The number of fused-ring (bicyclic) bond motifs is 2. The van der Waals surface area contributed by atoms with E-state index in [1.807, 2.05) is 43.3 Å². The first-order valence-corrected chi connectivity index (χ1v) is 12.4. The molecule has 2 aliphatic heterocycles. The summed E-state index contributed by atoms with van der Waals surface area (Å²) in [5, 5.41) is 0. The van der Waals surface area contributed by atoms with E-state index in [2.05, 4.69) is 0 Å². The maximum Gasteiger partial charge on any atom is 0.417 e. The highest BCUT2D eigenvalue weighted by Gasteiger charge is 2.49. The molecule has 0 aromatic rings. The van der Waals surface area contributed by atoms with Gasteiger partial charge in [0, 0.05) is 38.2 Å². The molecule has 198 valence electrons. The normalized spacial score (nSPS) is 27.7. The van der Waals surface area contributed by atoms with Crippen molar-refractivity contribution in [2.24, 2.45) is 11.8 Å². The zero-order valence-electron chi connectivity index (χ0n) is 22.6. The van der Waals surface area contributed by atoms with Crippen molar-refractivity contribution in [2.45, 2.75) is 84.1 Å². The second kappa shape index (κ2) is 10.1. The molecule has 4 amide bonds. The third-order valence-electron chi connectivity index (χ3n) is 6.14. The quantitative estimate of drug-likeness (QED) is 0.391. The van der Waals surface area contributed by atoms with Crippen LogP contribution in [-0.2, 0) is 19.1 Å². The molecule has 4 aliphatic rings. The molecule has 4 unspecified atom stereocenters. The number of allylic oxidation sites excluding steroid dienone is 2. The number of nitrogens with zero attached hydrogens (tertiary/aromatic N) is 3. The molecule has 0 aromatic carbocycles. The van der Waals surface area contributed by atoms with Gasteiger partial charge in [0.2, 0.25) is 5.91 Å². The smallest absolute Gasteiger partial charge is 0.417 e. The lowest BCUT2D eigenvalue weighted by molar-refractivity contribution is -0.128. The highest BCUT2D eigenvalue weighted by Crippen LogP contribution is 2.39. The fraction of sp³-hybridized carbons (Fsp3) is 0.630. The third-order valence-corrected chi connectivity index (χ3v) is 6.14. The van der Waals surface area contributed by atoms with Crippen LogP contribution in [0.1, 0.15) is 60.8 Å². The van der Waals surface area contributed by atoms with Gasteiger partial charge in [0.05, 0.1) is 12.1 Å². The standard InChI is InChI=1S/C15H22N2O3.C12H17NO3/c1-15(2,3)20-14(19)17-12-8-6-7-10(12)11(13(17)18)9-16(4)5;1-12(2,3)16-11(15)13-9-6-4-5-8(9)7-10(13)14/h6,8-10,12H,7H2,1-5H3;4,6,8-9H,5,7H2,1-3H3/b11-9-;. The van der Waals surface area contributed by atoms with Crippen LogP contribution in [0.5, 0.6) is 0 Å². The monoisotopic (exact) mass is 501 g/mol. The maximum atomic E-state index is 12.5. The fourth-order valence-electron chi connectivity index (χ4n) is 4.81. The number of ether oxygens (including phenoxy) is 2. The molecule has 2 fully saturated rings. The molecule has 0 aromatic heterocycles. The Kier molecular flexibility index (Phi) is 7.72. The predicted octanol–water partition coefficient (Wildman–Crippen LogP) is 4.25. The van der Waals surface area contributed by atoms with E-state index in [-0.39, 0.29) is 35.7 Å². The molecule has 2 aliphatic carbocycles. The number of amides is 4. The number of hydrogen-bond acceptors (Lipinski definition) is 7. The summed E-state index contributed by atoms with van der Waals surface area (Å²) in [5.41, 5.74) is -0.489. The van der Waals surface area contributed by atoms with Gasteiger partial charge in [0.25, 0.3) is 5.91 Å². The third kappa shape index (κ3) is 6.17. The molecule has 36 heavy (non-hydrogen) atoms. The molecular weight excluding hydrogens is 462 g/mol. The van der Waals surface area contributed by atoms with Gasteiger partial charge in [-0.15, -0.1) is 0 Å². The Labute approximate surface area is 213 Å². The lowest BCUT2D eigenvalue weighted by atomic mass is 9.98. The molecule has 0 spiro atoms. The molecule has 0 bridgehead atoms. The van der Waals surface area contributed by atoms with E-state index in [4.69, 9.17) is 9.47 Å². The molecule has 9 heteroatoms. The van der Waals surface area contributed by atoms with Crippen molar-refractivity contribution in [1.82, 2.24) is 14.7 Å². The Morgan fingerprint density at radius 3 is 1.97 bits per heavy atom. The van der Waals surface area contributed by atoms with Crippen molar-refractivity contribution >= 4 is 24.0 Å². The second-order valence-corrected chi connectivity index (χ2v) is 11.8. The van der Waals surface area contributed by atoms with Gasteiger partial charge in [-0.3, -0.25) is 9.59 Å². The van der Waals surface area contributed by atoms with Gasteiger partial charge in [0.15, 0.2) is 0 Å². The van der Waals surface area contributed by atoms with Crippen LogP contribution >= 0.6 is 0 Å². The minimum Gasteiger partial charge on any atom is -0.443 e. The lowest BCUT2D eigenvalue weighted by Gasteiger charge is -2.26. The van der Waals surface area contributed by atoms with Gasteiger partial charge >= 0.3 is 12.2 Å². The van der Waals surface area contributed by atoms with E-state index < -0.39 is 23.4 Å². The number of hydrogen-bond donors (Lipinski definition) is 0. The van der Waals surface area contributed by atoms with Crippen LogP contribution in [0.25, 0.3) is 0 Å². The van der Waals surface area contributed by atoms with Crippen molar-refractivity contribution in [1.29, 1.82) is 0 Å². The molecule has 0 radical (unpaired) electrons. The summed E-state index contributed by atoms with van der Waals surface area (Å²) >= 11 is 0. The molecule has 0 saturated carbocycles. The SMILES string of the molecule is CC(C)(C)OC(=O)N1C(=O)CC2CC=CC21.CN(C)/C=C1\C(=O)N(C(=O)OC(C)(C)C)C2C=CCC12. The van der Waals surface area contributed by atoms with E-state index in [0.717, 1.165) is 12.8 Å². The number of carbonyl (C=O) groups is 4. The highest BCUT2D eigenvalue weighted by molar-refractivity contribution is 6.06. The van der Waals surface area contributed by atoms with Gasteiger partial charge in [-0.05, 0) is 60.3 Å². The first-order valence-electron chi connectivity index (χ1n) is 12.4. The summed E-state index contributed by atoms with van der Waals surface area (Å²) in [5.74, 6) is -0.0432. The molecule has 0 N–H and O–H groups in total. The summed E-state index contributed by atoms with van der Waals surface area (Å²) in [6.07, 6.45) is 10.7. The Morgan fingerprint density at radius 1 is 0.889 bits per heavy atom. The fourth-order valence-corrected chi connectivity index (χ4v) is 4.81. The van der Waals surface area contributed by atoms with E-state index >= 15 is 0 Å². The molecule has 4 atom stereocenters. The first-order chi connectivity index (χ1) is 16.6. The average Bonchev–Trinajstić information content (AvgIpc) is 3.42. The number of carbonyl (C=O) groups excluding carboxylic acids is 4. The van der Waals surface area contributed by atoms with Gasteiger partial charge in [-0.1, -0.05) is 24.3 Å². The predicted molar refractivity (Wildman–Crippen MR) is 135 cm³/mol. The van der Waals surface area contributed by atoms with Gasteiger partial charge in [-0.25, -0.2) is 19.4 Å². The largest absolute Gasteiger partial charge is 0.443 e. The minimum absolute atomic E-state index is 0.0532. The first kappa shape index (κ1) is 27.5. The van der Waals surface area contributed by atoms with E-state index in [9.17, 15) is 19.2 Å². The van der Waals surface area contributed by atoms with E-state index in [1.165, 1.54) is 9.80 Å². The van der Waals surface area contributed by atoms with Crippen molar-refractivity contribution in [3.05, 3.63) is 36.1 Å². The summed E-state index contributed by atoms with van der Waals surface area (Å²) in [6.45, 7) is 10.8. The average molecular weight is 502 g/mol. The van der Waals surface area contributed by atoms with Crippen LogP contribution in [0, 0.1) is 11.8 Å². The maximum absolute atomic E-state index is 12.5. The summed E-state index contributed by atoms with van der Waals surface area (Å²) < 4.78 is 10.6. The minimum atomic E-state index is -0.608. The van der Waals surface area contributed by atoms with Gasteiger partial charge in [-0.2, -0.15) is 0 Å². The van der Waals surface area contributed by atoms with Crippen molar-refractivity contribution in [3.63, 3.8) is 0 Å². The van der Waals surface area contributed by atoms with Gasteiger partial charge < -0.3 is 14.4 Å². The van der Waals surface area contributed by atoms with Crippen molar-refractivity contribution < 1.29 is 28.7 Å². The zero-order chi connectivity index (χ0) is 27.0. The van der Waals surface area contributed by atoms with Crippen molar-refractivity contribution in [2.75, 3.05) is 14.1 Å². The highest BCUT2D eigenvalue weighted by atomic mass is 16.6. The summed E-state index contributed by atoms with van der Waals surface area (Å²) in [7, 11) is 3.74. The Hall–Kier alpha value is -3.10. The zero-order valence-corrected chi connectivity index (χ0v) is 22.6. The molecular formula is C27H39N3O6. The van der Waals surface area contributed by atoms with E-state index in [1.54, 1.807) is 47.7 Å². The number of likely N-dealkylation sites (tertiary alicyclic amines) is 2. The van der Waals surface area contributed by atoms with E-state index in [0.29, 0.717) is 12.0 Å². The molecule has 2 heterocycles. The molecule has 4 rings (SSSR count). The van der Waals surface area contributed by atoms with Crippen LogP contribution in [0.3, 0.4) is 0 Å². The summed E-state index contributed by atoms with van der Waals surface area (Å²) in [4.78, 5) is 52.6. The van der Waals surface area contributed by atoms with Crippen molar-refractivity contribution in [3.8, 4) is 0 Å². The second-order valence-electron chi connectivity index (χ2n) is 11.8. The van der Waals surface area contributed by atoms with Crippen LogP contribution in [0.4, 0.5) is 9.59 Å². The number of imide groups is 2. The van der Waals surface area contributed by atoms with Crippen LogP contribution in [0.2, 0.25) is 0 Å².